The fourth-order valence-electron chi connectivity index (χ4n) is 1.83. The fraction of sp³-hybridized carbons (Fsp3) is 0.133. The molecule has 1 atom stereocenters. The number of phenols is 1. The van der Waals surface area contributed by atoms with Gasteiger partial charge in [0.1, 0.15) is 5.75 Å². The number of amides is 1. The molecule has 0 radical (unpaired) electrons. The number of carbonyl (C=O) groups excluding carboxylic acids is 1. The van der Waals surface area contributed by atoms with Crippen LogP contribution < -0.4 is 5.32 Å². The summed E-state index contributed by atoms with van der Waals surface area (Å²) in [5.41, 5.74) is 1.25. The molecule has 0 bridgehead atoms. The molecular formula is C15H13Br2NO2. The summed E-state index contributed by atoms with van der Waals surface area (Å²) in [5.74, 6) is -0.346. The van der Waals surface area contributed by atoms with Gasteiger partial charge in [0.2, 0.25) is 0 Å². The van der Waals surface area contributed by atoms with E-state index >= 15 is 0 Å². The van der Waals surface area contributed by atoms with Crippen molar-refractivity contribution < 1.29 is 9.90 Å². The summed E-state index contributed by atoms with van der Waals surface area (Å²) in [7, 11) is 0. The number of hydrogen-bond donors (Lipinski definition) is 2. The van der Waals surface area contributed by atoms with Gasteiger partial charge in [-0.05, 0) is 42.8 Å². The monoisotopic (exact) mass is 397 g/mol. The van der Waals surface area contributed by atoms with Crippen molar-refractivity contribution in [2.24, 2.45) is 0 Å². The Balaban J connectivity index is 2.15. The van der Waals surface area contributed by atoms with Gasteiger partial charge in [-0.2, -0.15) is 0 Å². The first-order valence-corrected chi connectivity index (χ1v) is 7.61. The molecule has 0 spiro atoms. The van der Waals surface area contributed by atoms with Crippen LogP contribution in [-0.4, -0.2) is 11.0 Å². The second kappa shape index (κ2) is 6.41. The molecule has 2 aromatic carbocycles. The quantitative estimate of drug-likeness (QED) is 0.804. The lowest BCUT2D eigenvalue weighted by atomic mass is 10.1. The van der Waals surface area contributed by atoms with Gasteiger partial charge in [0, 0.05) is 8.95 Å². The Kier molecular flexibility index (Phi) is 4.83. The average Bonchev–Trinajstić information content (AvgIpc) is 2.38. The molecule has 0 aliphatic rings. The van der Waals surface area contributed by atoms with Crippen LogP contribution in [0.5, 0.6) is 5.75 Å². The van der Waals surface area contributed by atoms with E-state index in [-0.39, 0.29) is 23.3 Å². The molecule has 2 N–H and O–H groups in total. The summed E-state index contributed by atoms with van der Waals surface area (Å²) in [4.78, 5) is 12.1. The maximum Gasteiger partial charge on any atom is 0.255 e. The van der Waals surface area contributed by atoms with Crippen LogP contribution in [-0.2, 0) is 0 Å². The van der Waals surface area contributed by atoms with Gasteiger partial charge in [-0.15, -0.1) is 0 Å². The highest BCUT2D eigenvalue weighted by Gasteiger charge is 2.15. The van der Waals surface area contributed by atoms with E-state index in [4.69, 9.17) is 0 Å². The van der Waals surface area contributed by atoms with Gasteiger partial charge in [0.05, 0.1) is 11.6 Å². The zero-order valence-corrected chi connectivity index (χ0v) is 13.9. The van der Waals surface area contributed by atoms with Crippen LogP contribution in [0.25, 0.3) is 0 Å². The summed E-state index contributed by atoms with van der Waals surface area (Å²) in [6, 6.07) is 12.4. The molecule has 2 rings (SSSR count). The molecule has 0 saturated carbocycles. The highest BCUT2D eigenvalue weighted by atomic mass is 79.9. The predicted octanol–water partition coefficient (Wildman–Crippen LogP) is 4.41. The zero-order valence-electron chi connectivity index (χ0n) is 10.7. The van der Waals surface area contributed by atoms with Gasteiger partial charge >= 0.3 is 0 Å². The third-order valence-electron chi connectivity index (χ3n) is 2.90. The van der Waals surface area contributed by atoms with Gasteiger partial charge in [0.15, 0.2) is 0 Å². The second-order valence-corrected chi connectivity index (χ2v) is 6.24. The molecule has 0 heterocycles. The van der Waals surface area contributed by atoms with Crippen molar-refractivity contribution in [3.63, 3.8) is 0 Å². The topological polar surface area (TPSA) is 49.3 Å². The lowest BCUT2D eigenvalue weighted by Crippen LogP contribution is -2.26. The Morgan fingerprint density at radius 2 is 1.85 bits per heavy atom. The Morgan fingerprint density at radius 3 is 2.50 bits per heavy atom. The number of halogens is 2. The van der Waals surface area contributed by atoms with Crippen LogP contribution in [0.3, 0.4) is 0 Å². The van der Waals surface area contributed by atoms with E-state index in [0.29, 0.717) is 0 Å². The van der Waals surface area contributed by atoms with Crippen molar-refractivity contribution in [2.75, 3.05) is 0 Å². The Labute approximate surface area is 134 Å². The summed E-state index contributed by atoms with van der Waals surface area (Å²) in [6.07, 6.45) is 0. The first-order chi connectivity index (χ1) is 9.47. The number of aromatic hydroxyl groups is 1. The van der Waals surface area contributed by atoms with Gasteiger partial charge in [-0.1, -0.05) is 44.0 Å². The molecule has 2 aromatic rings. The normalized spacial score (nSPS) is 11.9. The number of rotatable bonds is 3. The summed E-state index contributed by atoms with van der Waals surface area (Å²) >= 11 is 6.65. The molecular weight excluding hydrogens is 386 g/mol. The SMILES string of the molecule is CC(NC(=O)c1ccc(Br)cc1O)c1cccc(Br)c1. The van der Waals surface area contributed by atoms with E-state index < -0.39 is 0 Å². The molecule has 0 aliphatic heterocycles. The highest BCUT2D eigenvalue weighted by molar-refractivity contribution is 9.10. The molecule has 0 aliphatic carbocycles. The van der Waals surface area contributed by atoms with E-state index in [1.54, 1.807) is 12.1 Å². The third-order valence-corrected chi connectivity index (χ3v) is 3.89. The molecule has 104 valence electrons. The number of phenolic OH excluding ortho intramolecular Hbond substituents is 1. The first kappa shape index (κ1) is 15.1. The van der Waals surface area contributed by atoms with Crippen LogP contribution in [0.2, 0.25) is 0 Å². The molecule has 20 heavy (non-hydrogen) atoms. The van der Waals surface area contributed by atoms with Crippen LogP contribution >= 0.6 is 31.9 Å². The van der Waals surface area contributed by atoms with Crippen LogP contribution in [0.4, 0.5) is 0 Å². The maximum atomic E-state index is 12.1. The van der Waals surface area contributed by atoms with E-state index in [1.165, 1.54) is 6.07 Å². The molecule has 1 amide bonds. The number of benzene rings is 2. The molecule has 1 unspecified atom stereocenters. The standard InChI is InChI=1S/C15H13Br2NO2/c1-9(10-3-2-4-11(16)7-10)18-15(20)13-6-5-12(17)8-14(13)19/h2-9,19H,1H3,(H,18,20). The fourth-order valence-corrected chi connectivity index (χ4v) is 2.60. The minimum absolute atomic E-state index is 0.0432. The van der Waals surface area contributed by atoms with Crippen molar-refractivity contribution in [1.29, 1.82) is 0 Å². The van der Waals surface area contributed by atoms with Crippen molar-refractivity contribution in [2.45, 2.75) is 13.0 Å². The molecule has 0 saturated heterocycles. The van der Waals surface area contributed by atoms with Gasteiger partial charge < -0.3 is 10.4 Å². The number of nitrogens with one attached hydrogen (secondary N) is 1. The van der Waals surface area contributed by atoms with Gasteiger partial charge in [0.25, 0.3) is 5.91 Å². The minimum Gasteiger partial charge on any atom is -0.507 e. The maximum absolute atomic E-state index is 12.1. The van der Waals surface area contributed by atoms with Gasteiger partial charge in [-0.3, -0.25) is 4.79 Å². The Bertz CT molecular complexity index is 644. The highest BCUT2D eigenvalue weighted by Crippen LogP contribution is 2.23. The Morgan fingerprint density at radius 1 is 1.15 bits per heavy atom. The number of carbonyl (C=O) groups is 1. The zero-order chi connectivity index (χ0) is 14.7. The van der Waals surface area contributed by atoms with Crippen molar-refractivity contribution in [3.05, 3.63) is 62.5 Å². The largest absolute Gasteiger partial charge is 0.507 e. The lowest BCUT2D eigenvalue weighted by molar-refractivity contribution is 0.0937. The van der Waals surface area contributed by atoms with Crippen LogP contribution in [0, 0.1) is 0 Å². The summed E-state index contributed by atoms with van der Waals surface area (Å²) < 4.78 is 1.69. The molecule has 0 aromatic heterocycles. The van der Waals surface area contributed by atoms with E-state index in [9.17, 15) is 9.90 Å². The minimum atomic E-state index is -0.303. The summed E-state index contributed by atoms with van der Waals surface area (Å²) in [5, 5.41) is 12.7. The number of hydrogen-bond acceptors (Lipinski definition) is 2. The third kappa shape index (κ3) is 3.61. The van der Waals surface area contributed by atoms with Crippen molar-refractivity contribution >= 4 is 37.8 Å². The lowest BCUT2D eigenvalue weighted by Gasteiger charge is -2.15. The van der Waals surface area contributed by atoms with Gasteiger partial charge in [-0.25, -0.2) is 0 Å². The van der Waals surface area contributed by atoms with Crippen LogP contribution in [0.1, 0.15) is 28.9 Å². The van der Waals surface area contributed by atoms with E-state index in [0.717, 1.165) is 14.5 Å². The molecule has 3 nitrogen and oxygen atoms in total. The first-order valence-electron chi connectivity index (χ1n) is 6.02. The smallest absolute Gasteiger partial charge is 0.255 e. The van der Waals surface area contributed by atoms with E-state index in [1.807, 2.05) is 31.2 Å². The van der Waals surface area contributed by atoms with Crippen molar-refractivity contribution in [1.82, 2.24) is 5.32 Å². The summed E-state index contributed by atoms with van der Waals surface area (Å²) in [6.45, 7) is 1.90. The average molecular weight is 399 g/mol. The Hall–Kier alpha value is -1.33. The van der Waals surface area contributed by atoms with Crippen LogP contribution in [0.15, 0.2) is 51.4 Å². The molecule has 5 heteroatoms. The predicted molar refractivity (Wildman–Crippen MR) is 85.8 cm³/mol. The second-order valence-electron chi connectivity index (χ2n) is 4.41. The van der Waals surface area contributed by atoms with E-state index in [2.05, 4.69) is 37.2 Å². The molecule has 0 fully saturated rings. The van der Waals surface area contributed by atoms with Crippen molar-refractivity contribution in [3.8, 4) is 5.75 Å².